The molecular weight excluding hydrogens is 364 g/mol. The summed E-state index contributed by atoms with van der Waals surface area (Å²) in [5.41, 5.74) is 3.06. The van der Waals surface area contributed by atoms with E-state index in [2.05, 4.69) is 10.0 Å². The molecule has 27 heavy (non-hydrogen) atoms. The third kappa shape index (κ3) is 5.15. The van der Waals surface area contributed by atoms with Crippen molar-refractivity contribution in [1.82, 2.24) is 5.32 Å². The van der Waals surface area contributed by atoms with Gasteiger partial charge in [0.2, 0.25) is 10.0 Å². The van der Waals surface area contributed by atoms with E-state index in [1.807, 2.05) is 24.3 Å². The fourth-order valence-electron chi connectivity index (χ4n) is 3.35. The number of fused-ring (bicyclic) bond motifs is 1. The Labute approximate surface area is 159 Å². The van der Waals surface area contributed by atoms with Gasteiger partial charge < -0.3 is 10.4 Å². The van der Waals surface area contributed by atoms with E-state index in [1.54, 1.807) is 24.3 Å². The number of nitrogens with one attached hydrogen (secondary N) is 2. The Morgan fingerprint density at radius 2 is 1.85 bits per heavy atom. The second-order valence-electron chi connectivity index (χ2n) is 6.93. The van der Waals surface area contributed by atoms with Crippen LogP contribution in [0, 0.1) is 5.92 Å². The molecule has 0 bridgehead atoms. The summed E-state index contributed by atoms with van der Waals surface area (Å²) in [7, 11) is -3.32. The second-order valence-corrected chi connectivity index (χ2v) is 8.68. The van der Waals surface area contributed by atoms with E-state index in [0.29, 0.717) is 24.3 Å². The smallest absolute Gasteiger partial charge is 0.229 e. The Morgan fingerprint density at radius 1 is 1.15 bits per heavy atom. The van der Waals surface area contributed by atoms with E-state index in [4.69, 9.17) is 0 Å². The van der Waals surface area contributed by atoms with Crippen molar-refractivity contribution < 1.29 is 18.3 Å². The standard InChI is InChI=1S/C20H24N2O4S/c1-27(25,26)22-17-10-8-15(9-11-17)19(23)13-21-12-16-7-6-14-4-2-3-5-18(14)20(16)24/h2-5,8-11,16,19,21-23H,6-7,12-13H2,1H3/t16-,19+/m1/s1. The lowest BCUT2D eigenvalue weighted by Crippen LogP contribution is -2.34. The Morgan fingerprint density at radius 3 is 2.56 bits per heavy atom. The van der Waals surface area contributed by atoms with Crippen molar-refractivity contribution in [2.24, 2.45) is 5.92 Å². The topological polar surface area (TPSA) is 95.5 Å². The highest BCUT2D eigenvalue weighted by molar-refractivity contribution is 7.92. The number of aliphatic hydroxyl groups is 1. The number of rotatable bonds is 7. The van der Waals surface area contributed by atoms with Gasteiger partial charge in [-0.15, -0.1) is 0 Å². The van der Waals surface area contributed by atoms with Crippen LogP contribution in [0.15, 0.2) is 48.5 Å². The minimum absolute atomic E-state index is 0.0755. The fraction of sp³-hybridized carbons (Fsp3) is 0.350. The van der Waals surface area contributed by atoms with Crippen LogP contribution in [0.2, 0.25) is 0 Å². The van der Waals surface area contributed by atoms with Crippen molar-refractivity contribution in [2.75, 3.05) is 24.1 Å². The van der Waals surface area contributed by atoms with Gasteiger partial charge in [-0.3, -0.25) is 9.52 Å². The van der Waals surface area contributed by atoms with Crippen LogP contribution < -0.4 is 10.0 Å². The Bertz CT molecular complexity index is 910. The number of aryl methyl sites for hydroxylation is 1. The van der Waals surface area contributed by atoms with Crippen LogP contribution in [0.4, 0.5) is 5.69 Å². The first kappa shape index (κ1) is 19.5. The molecule has 2 aromatic rings. The van der Waals surface area contributed by atoms with Crippen molar-refractivity contribution in [2.45, 2.75) is 18.9 Å². The molecule has 3 rings (SSSR count). The van der Waals surface area contributed by atoms with Crippen molar-refractivity contribution in [3.63, 3.8) is 0 Å². The first-order chi connectivity index (χ1) is 12.8. The molecule has 0 heterocycles. The van der Waals surface area contributed by atoms with Crippen molar-refractivity contribution in [3.05, 3.63) is 65.2 Å². The molecule has 3 N–H and O–H groups in total. The fourth-order valence-corrected chi connectivity index (χ4v) is 3.92. The Balaban J connectivity index is 1.51. The van der Waals surface area contributed by atoms with Crippen LogP contribution in [-0.4, -0.2) is 38.7 Å². The van der Waals surface area contributed by atoms with Gasteiger partial charge in [-0.05, 0) is 36.1 Å². The minimum Gasteiger partial charge on any atom is -0.387 e. The van der Waals surface area contributed by atoms with Gasteiger partial charge in [-0.1, -0.05) is 36.4 Å². The Hall–Kier alpha value is -2.22. The van der Waals surface area contributed by atoms with Crippen LogP contribution in [-0.2, 0) is 16.4 Å². The Kier molecular flexibility index (Phi) is 5.94. The van der Waals surface area contributed by atoms with E-state index in [-0.39, 0.29) is 11.7 Å². The molecular formula is C20H24N2O4S. The molecule has 0 saturated heterocycles. The van der Waals surface area contributed by atoms with Gasteiger partial charge >= 0.3 is 0 Å². The van der Waals surface area contributed by atoms with Gasteiger partial charge in [-0.2, -0.15) is 0 Å². The zero-order chi connectivity index (χ0) is 19.4. The molecule has 0 aromatic heterocycles. The highest BCUT2D eigenvalue weighted by Crippen LogP contribution is 2.25. The molecule has 2 aromatic carbocycles. The molecule has 0 aliphatic heterocycles. The van der Waals surface area contributed by atoms with Gasteiger partial charge in [0.1, 0.15) is 0 Å². The maximum absolute atomic E-state index is 12.6. The van der Waals surface area contributed by atoms with Gasteiger partial charge in [-0.25, -0.2) is 8.42 Å². The summed E-state index contributed by atoms with van der Waals surface area (Å²) in [6.45, 7) is 0.849. The summed E-state index contributed by atoms with van der Waals surface area (Å²) >= 11 is 0. The number of sulfonamides is 1. The molecule has 1 aliphatic rings. The molecule has 6 nitrogen and oxygen atoms in total. The molecule has 0 fully saturated rings. The summed E-state index contributed by atoms with van der Waals surface area (Å²) in [5.74, 6) is 0.0866. The van der Waals surface area contributed by atoms with E-state index in [0.717, 1.165) is 30.2 Å². The quantitative estimate of drug-likeness (QED) is 0.675. The summed E-state index contributed by atoms with van der Waals surface area (Å²) < 4.78 is 24.8. The van der Waals surface area contributed by atoms with Crippen LogP contribution in [0.5, 0.6) is 0 Å². The molecule has 1 aliphatic carbocycles. The number of carbonyl (C=O) groups excluding carboxylic acids is 1. The number of aliphatic hydroxyl groups excluding tert-OH is 1. The molecule has 2 atom stereocenters. The number of hydrogen-bond acceptors (Lipinski definition) is 5. The number of anilines is 1. The molecule has 0 saturated carbocycles. The first-order valence-electron chi connectivity index (χ1n) is 8.92. The molecule has 0 unspecified atom stereocenters. The second kappa shape index (κ2) is 8.21. The SMILES string of the molecule is CS(=O)(=O)Nc1ccc([C@@H](O)CNC[C@H]2CCc3ccccc3C2=O)cc1. The summed E-state index contributed by atoms with van der Waals surface area (Å²) in [6, 6.07) is 14.3. The third-order valence-electron chi connectivity index (χ3n) is 4.74. The molecule has 144 valence electrons. The zero-order valence-corrected chi connectivity index (χ0v) is 16.0. The van der Waals surface area contributed by atoms with Crippen LogP contribution in [0.3, 0.4) is 0 Å². The number of carbonyl (C=O) groups is 1. The normalized spacial score (nSPS) is 18.0. The highest BCUT2D eigenvalue weighted by Gasteiger charge is 2.26. The van der Waals surface area contributed by atoms with E-state index in [1.165, 1.54) is 0 Å². The van der Waals surface area contributed by atoms with Gasteiger partial charge in [0.25, 0.3) is 0 Å². The maximum Gasteiger partial charge on any atom is 0.229 e. The van der Waals surface area contributed by atoms with Crippen LogP contribution in [0.1, 0.15) is 34.0 Å². The van der Waals surface area contributed by atoms with E-state index < -0.39 is 16.1 Å². The van der Waals surface area contributed by atoms with Crippen molar-refractivity contribution in [3.8, 4) is 0 Å². The number of Topliss-reactive ketones (excluding diaryl/α,β-unsaturated/α-hetero) is 1. The number of benzene rings is 2. The van der Waals surface area contributed by atoms with Crippen LogP contribution >= 0.6 is 0 Å². The molecule has 0 spiro atoms. The summed E-state index contributed by atoms with van der Waals surface area (Å²) in [6.07, 6.45) is 2.06. The van der Waals surface area contributed by atoms with E-state index >= 15 is 0 Å². The summed E-state index contributed by atoms with van der Waals surface area (Å²) in [4.78, 5) is 12.6. The lowest BCUT2D eigenvalue weighted by molar-refractivity contribution is 0.0895. The molecule has 0 amide bonds. The minimum atomic E-state index is -3.32. The van der Waals surface area contributed by atoms with Crippen molar-refractivity contribution >= 4 is 21.5 Å². The zero-order valence-electron chi connectivity index (χ0n) is 15.2. The van der Waals surface area contributed by atoms with Gasteiger partial charge in [0.05, 0.1) is 12.4 Å². The summed E-state index contributed by atoms with van der Waals surface area (Å²) in [5, 5.41) is 13.5. The predicted octanol–water partition coefficient (Wildman–Crippen LogP) is 2.13. The molecule has 7 heteroatoms. The first-order valence-corrected chi connectivity index (χ1v) is 10.8. The van der Waals surface area contributed by atoms with E-state index in [9.17, 15) is 18.3 Å². The van der Waals surface area contributed by atoms with Gasteiger partial charge in [0, 0.05) is 30.3 Å². The van der Waals surface area contributed by atoms with Crippen LogP contribution in [0.25, 0.3) is 0 Å². The maximum atomic E-state index is 12.6. The number of ketones is 1. The van der Waals surface area contributed by atoms with Gasteiger partial charge in [0.15, 0.2) is 5.78 Å². The monoisotopic (exact) mass is 388 g/mol. The predicted molar refractivity (Wildman–Crippen MR) is 105 cm³/mol. The lowest BCUT2D eigenvalue weighted by atomic mass is 9.83. The lowest BCUT2D eigenvalue weighted by Gasteiger charge is -2.24. The largest absolute Gasteiger partial charge is 0.387 e. The van der Waals surface area contributed by atoms with Crippen molar-refractivity contribution in [1.29, 1.82) is 0 Å². The third-order valence-corrected chi connectivity index (χ3v) is 5.35. The average Bonchev–Trinajstić information content (AvgIpc) is 2.63. The molecule has 0 radical (unpaired) electrons. The number of hydrogen-bond donors (Lipinski definition) is 3. The average molecular weight is 388 g/mol. The highest BCUT2D eigenvalue weighted by atomic mass is 32.2.